The van der Waals surface area contributed by atoms with E-state index in [2.05, 4.69) is 20.7 Å². The van der Waals surface area contributed by atoms with E-state index in [1.54, 1.807) is 17.8 Å². The van der Waals surface area contributed by atoms with Crippen LogP contribution in [0.3, 0.4) is 0 Å². The highest BCUT2D eigenvalue weighted by Gasteiger charge is 2.21. The van der Waals surface area contributed by atoms with E-state index in [0.29, 0.717) is 25.1 Å². The van der Waals surface area contributed by atoms with E-state index >= 15 is 0 Å². The quantitative estimate of drug-likeness (QED) is 0.409. The predicted molar refractivity (Wildman–Crippen MR) is 128 cm³/mol. The zero-order chi connectivity index (χ0) is 23.6. The van der Waals surface area contributed by atoms with E-state index in [1.807, 2.05) is 49.5 Å². The minimum Gasteiger partial charge on any atom is -0.344 e. The number of Topliss-reactive ketones (excluding diaryl/α,β-unsaturated/α-hetero) is 1. The number of benzene rings is 1. The van der Waals surface area contributed by atoms with Crippen LogP contribution in [0.2, 0.25) is 0 Å². The molecule has 0 spiro atoms. The molecule has 2 heterocycles. The van der Waals surface area contributed by atoms with Crippen molar-refractivity contribution in [1.82, 2.24) is 20.1 Å². The molecule has 0 saturated carbocycles. The van der Waals surface area contributed by atoms with Gasteiger partial charge in [-0.1, -0.05) is 31.0 Å². The number of aromatic nitrogens is 3. The van der Waals surface area contributed by atoms with Crippen molar-refractivity contribution in [3.8, 4) is 0 Å². The van der Waals surface area contributed by atoms with E-state index in [9.17, 15) is 14.4 Å². The van der Waals surface area contributed by atoms with Crippen molar-refractivity contribution in [2.75, 3.05) is 5.32 Å². The Kier molecular flexibility index (Phi) is 8.69. The minimum absolute atomic E-state index is 0.162. The zero-order valence-electron chi connectivity index (χ0n) is 19.2. The van der Waals surface area contributed by atoms with Gasteiger partial charge in [0.25, 0.3) is 0 Å². The molecule has 174 valence electrons. The van der Waals surface area contributed by atoms with E-state index in [1.165, 1.54) is 0 Å². The van der Waals surface area contributed by atoms with Gasteiger partial charge in [0.05, 0.1) is 23.1 Å². The number of anilines is 1. The molecule has 0 fully saturated rings. The third-order valence-electron chi connectivity index (χ3n) is 5.37. The first kappa shape index (κ1) is 24.1. The summed E-state index contributed by atoms with van der Waals surface area (Å²) in [6, 6.07) is 10.8. The molecule has 0 bridgehead atoms. The van der Waals surface area contributed by atoms with Gasteiger partial charge in [-0.25, -0.2) is 0 Å². The number of carbonyl (C=O) groups is 3. The number of hydrogen-bond acceptors (Lipinski definition) is 5. The normalized spacial score (nSPS) is 11.8. The van der Waals surface area contributed by atoms with E-state index < -0.39 is 6.04 Å². The molecule has 0 saturated heterocycles. The number of rotatable bonds is 12. The number of para-hydroxylation sites is 1. The van der Waals surface area contributed by atoms with Crippen LogP contribution in [0.15, 0.2) is 48.8 Å². The largest absolute Gasteiger partial charge is 0.344 e. The molecular formula is C25H31N5O3. The number of amides is 2. The smallest absolute Gasteiger partial charge is 0.246 e. The van der Waals surface area contributed by atoms with Crippen LogP contribution in [0.5, 0.6) is 0 Å². The Bertz CT molecular complexity index is 1110. The summed E-state index contributed by atoms with van der Waals surface area (Å²) in [5, 5.41) is 11.0. The van der Waals surface area contributed by atoms with Gasteiger partial charge in [0.15, 0.2) is 0 Å². The van der Waals surface area contributed by atoms with Gasteiger partial charge >= 0.3 is 0 Å². The van der Waals surface area contributed by atoms with Gasteiger partial charge < -0.3 is 15.4 Å². The molecule has 3 aromatic rings. The first-order chi connectivity index (χ1) is 15.9. The second-order valence-electron chi connectivity index (χ2n) is 8.30. The highest BCUT2D eigenvalue weighted by Crippen LogP contribution is 2.17. The maximum Gasteiger partial charge on any atom is 0.246 e. The molecule has 8 nitrogen and oxygen atoms in total. The van der Waals surface area contributed by atoms with Crippen LogP contribution in [0.25, 0.3) is 10.9 Å². The molecule has 8 heteroatoms. The predicted octanol–water partition coefficient (Wildman–Crippen LogP) is 3.79. The van der Waals surface area contributed by atoms with Gasteiger partial charge in [-0.3, -0.25) is 19.3 Å². The molecule has 3 rings (SSSR count). The average molecular weight is 450 g/mol. The van der Waals surface area contributed by atoms with Crippen LogP contribution in [0.4, 0.5) is 5.69 Å². The monoisotopic (exact) mass is 449 g/mol. The average Bonchev–Trinajstić information content (AvgIpc) is 3.21. The Morgan fingerprint density at radius 2 is 1.88 bits per heavy atom. The van der Waals surface area contributed by atoms with Crippen molar-refractivity contribution < 1.29 is 14.4 Å². The molecule has 2 amide bonds. The van der Waals surface area contributed by atoms with Gasteiger partial charge in [-0.05, 0) is 44.9 Å². The Labute approximate surface area is 193 Å². The maximum absolute atomic E-state index is 13.0. The second-order valence-corrected chi connectivity index (χ2v) is 8.30. The summed E-state index contributed by atoms with van der Waals surface area (Å²) in [6.45, 7) is 3.92. The summed E-state index contributed by atoms with van der Waals surface area (Å²) in [4.78, 5) is 41.1. The summed E-state index contributed by atoms with van der Waals surface area (Å²) >= 11 is 0. The topological polar surface area (TPSA) is 106 Å². The number of hydrogen-bond donors (Lipinski definition) is 2. The van der Waals surface area contributed by atoms with E-state index in [-0.39, 0.29) is 24.0 Å². The molecule has 0 radical (unpaired) electrons. The van der Waals surface area contributed by atoms with Crippen molar-refractivity contribution in [3.63, 3.8) is 0 Å². The number of ketones is 1. The number of nitrogens with one attached hydrogen (secondary N) is 2. The molecule has 1 atom stereocenters. The lowest BCUT2D eigenvalue weighted by molar-refractivity contribution is -0.126. The summed E-state index contributed by atoms with van der Waals surface area (Å²) in [6.07, 6.45) is 7.05. The van der Waals surface area contributed by atoms with E-state index in [4.69, 9.17) is 0 Å². The third-order valence-corrected chi connectivity index (χ3v) is 5.37. The van der Waals surface area contributed by atoms with Crippen molar-refractivity contribution in [2.45, 2.75) is 65.0 Å². The molecule has 33 heavy (non-hydrogen) atoms. The van der Waals surface area contributed by atoms with Crippen molar-refractivity contribution >= 4 is 34.2 Å². The van der Waals surface area contributed by atoms with E-state index in [0.717, 1.165) is 35.9 Å². The number of fused-ring (bicyclic) bond motifs is 1. The van der Waals surface area contributed by atoms with Gasteiger partial charge in [-0.2, -0.15) is 5.10 Å². The molecule has 0 unspecified atom stereocenters. The molecular weight excluding hydrogens is 418 g/mol. The molecule has 0 aliphatic carbocycles. The fourth-order valence-electron chi connectivity index (χ4n) is 3.61. The fraction of sp³-hybridized carbons (Fsp3) is 0.400. The van der Waals surface area contributed by atoms with Crippen molar-refractivity contribution in [2.24, 2.45) is 0 Å². The van der Waals surface area contributed by atoms with Crippen LogP contribution in [-0.2, 0) is 20.9 Å². The van der Waals surface area contributed by atoms with Crippen LogP contribution in [0.1, 0.15) is 51.1 Å². The van der Waals surface area contributed by atoms with Crippen molar-refractivity contribution in [3.05, 3.63) is 54.5 Å². The highest BCUT2D eigenvalue weighted by atomic mass is 16.2. The summed E-state index contributed by atoms with van der Waals surface area (Å²) in [7, 11) is 0. The van der Waals surface area contributed by atoms with Crippen LogP contribution in [0, 0.1) is 6.92 Å². The Balaban J connectivity index is 1.60. The fourth-order valence-corrected chi connectivity index (χ4v) is 3.61. The van der Waals surface area contributed by atoms with Crippen LogP contribution >= 0.6 is 0 Å². The van der Waals surface area contributed by atoms with Crippen molar-refractivity contribution in [1.29, 1.82) is 0 Å². The third kappa shape index (κ3) is 7.82. The van der Waals surface area contributed by atoms with Gasteiger partial charge in [0.2, 0.25) is 11.8 Å². The van der Waals surface area contributed by atoms with Gasteiger partial charge in [0, 0.05) is 31.0 Å². The summed E-state index contributed by atoms with van der Waals surface area (Å²) in [5.74, 6) is -0.319. The summed E-state index contributed by atoms with van der Waals surface area (Å²) < 4.78 is 1.71. The van der Waals surface area contributed by atoms with Crippen LogP contribution < -0.4 is 10.6 Å². The standard InChI is InChI=1S/C25H31N5O3/c1-18-12-14-30(29-18)15-13-24(32)28-23(11-5-3-4-8-19(2)31)25(33)27-21-16-20-9-6-7-10-22(20)26-17-21/h6-7,9-10,12,14,16-17,23H,3-5,8,11,13,15H2,1-2H3,(H,27,33)(H,28,32)/t23-/m0/s1. The first-order valence-electron chi connectivity index (χ1n) is 11.4. The number of aryl methyl sites for hydroxylation is 2. The molecule has 0 aliphatic heterocycles. The Morgan fingerprint density at radius 1 is 1.06 bits per heavy atom. The van der Waals surface area contributed by atoms with Crippen LogP contribution in [-0.4, -0.2) is 38.4 Å². The second kappa shape index (κ2) is 11.9. The zero-order valence-corrected chi connectivity index (χ0v) is 19.2. The van der Waals surface area contributed by atoms with Gasteiger partial charge in [-0.15, -0.1) is 0 Å². The Hall–Kier alpha value is -3.55. The number of pyridine rings is 1. The lowest BCUT2D eigenvalue weighted by Crippen LogP contribution is -2.44. The van der Waals surface area contributed by atoms with Gasteiger partial charge in [0.1, 0.15) is 11.8 Å². The molecule has 0 aliphatic rings. The lowest BCUT2D eigenvalue weighted by atomic mass is 10.0. The minimum atomic E-state index is -0.666. The lowest BCUT2D eigenvalue weighted by Gasteiger charge is -2.19. The number of nitrogens with zero attached hydrogens (tertiary/aromatic N) is 3. The Morgan fingerprint density at radius 3 is 2.64 bits per heavy atom. The molecule has 2 N–H and O–H groups in total. The number of carbonyl (C=O) groups excluding carboxylic acids is 3. The molecule has 1 aromatic carbocycles. The SMILES string of the molecule is CC(=O)CCCCC[C@H](NC(=O)CCn1ccc(C)n1)C(=O)Nc1cnc2ccccc2c1. The maximum atomic E-state index is 13.0. The summed E-state index contributed by atoms with van der Waals surface area (Å²) in [5.41, 5.74) is 2.32. The number of unbranched alkanes of at least 4 members (excludes halogenated alkanes) is 2. The molecule has 2 aromatic heterocycles. The first-order valence-corrected chi connectivity index (χ1v) is 11.4. The highest BCUT2D eigenvalue weighted by molar-refractivity contribution is 5.98.